The lowest BCUT2D eigenvalue weighted by atomic mass is 10.1. The summed E-state index contributed by atoms with van der Waals surface area (Å²) in [6.45, 7) is 13.9. The molecule has 1 atom stereocenters. The number of rotatable bonds is 6. The van der Waals surface area contributed by atoms with Crippen LogP contribution in [-0.4, -0.2) is 90.5 Å². The molecule has 8 nitrogen and oxygen atoms in total. The van der Waals surface area contributed by atoms with Crippen molar-refractivity contribution in [1.82, 2.24) is 20.4 Å². The smallest absolute Gasteiger partial charge is 0.407 e. The standard InChI is InChI=1S/C20H39N5O3.HI/c1-5-21-18(22-10-6-11-24-12-8-17(26)9-13-24)25-14-7-16(15-25)23-19(27)28-20(2,3)4;/h16-17,26H,5-15H2,1-4H3,(H,21,22)(H,23,27);1H. The number of guanidine groups is 1. The number of aliphatic hydroxyl groups is 1. The van der Waals surface area contributed by atoms with E-state index in [1.54, 1.807) is 0 Å². The lowest BCUT2D eigenvalue weighted by Gasteiger charge is -2.29. The Morgan fingerprint density at radius 2 is 1.90 bits per heavy atom. The van der Waals surface area contributed by atoms with Crippen LogP contribution in [0.25, 0.3) is 0 Å². The van der Waals surface area contributed by atoms with Gasteiger partial charge in [0.1, 0.15) is 5.60 Å². The molecule has 29 heavy (non-hydrogen) atoms. The normalized spacial score (nSPS) is 21.6. The number of aliphatic hydroxyl groups excluding tert-OH is 1. The van der Waals surface area contributed by atoms with E-state index in [0.717, 1.165) is 77.5 Å². The number of hydrogen-bond donors (Lipinski definition) is 3. The molecule has 2 aliphatic rings. The second kappa shape index (κ2) is 12.8. The first-order valence-corrected chi connectivity index (χ1v) is 10.7. The fraction of sp³-hybridized carbons (Fsp3) is 0.900. The van der Waals surface area contributed by atoms with Crippen LogP contribution in [0.5, 0.6) is 0 Å². The van der Waals surface area contributed by atoms with Crippen LogP contribution in [-0.2, 0) is 4.74 Å². The largest absolute Gasteiger partial charge is 0.444 e. The maximum absolute atomic E-state index is 12.0. The Kier molecular flexibility index (Phi) is 11.6. The molecule has 0 aromatic rings. The Labute approximate surface area is 192 Å². The Hall–Kier alpha value is -0.810. The highest BCUT2D eigenvalue weighted by Crippen LogP contribution is 2.13. The topological polar surface area (TPSA) is 89.4 Å². The van der Waals surface area contributed by atoms with E-state index in [9.17, 15) is 9.90 Å². The van der Waals surface area contributed by atoms with E-state index in [2.05, 4.69) is 27.4 Å². The van der Waals surface area contributed by atoms with Gasteiger partial charge in [-0.2, -0.15) is 0 Å². The average Bonchev–Trinajstić information content (AvgIpc) is 3.05. The van der Waals surface area contributed by atoms with Gasteiger partial charge >= 0.3 is 6.09 Å². The highest BCUT2D eigenvalue weighted by molar-refractivity contribution is 14.0. The second-order valence-electron chi connectivity index (χ2n) is 8.74. The fourth-order valence-electron chi connectivity index (χ4n) is 3.59. The summed E-state index contributed by atoms with van der Waals surface area (Å²) in [7, 11) is 0. The minimum atomic E-state index is -0.481. The van der Waals surface area contributed by atoms with E-state index >= 15 is 0 Å². The van der Waals surface area contributed by atoms with E-state index < -0.39 is 5.60 Å². The van der Waals surface area contributed by atoms with Crippen molar-refractivity contribution in [3.63, 3.8) is 0 Å². The molecule has 0 aliphatic carbocycles. The highest BCUT2D eigenvalue weighted by atomic mass is 127. The number of alkyl carbamates (subject to hydrolysis) is 1. The van der Waals surface area contributed by atoms with Crippen LogP contribution < -0.4 is 10.6 Å². The first-order valence-electron chi connectivity index (χ1n) is 10.7. The molecule has 1 unspecified atom stereocenters. The molecule has 0 saturated carbocycles. The van der Waals surface area contributed by atoms with Crippen molar-refractivity contribution in [3.8, 4) is 0 Å². The molecule has 0 aromatic heterocycles. The van der Waals surface area contributed by atoms with Gasteiger partial charge in [0.2, 0.25) is 0 Å². The van der Waals surface area contributed by atoms with Gasteiger partial charge in [0.05, 0.1) is 12.1 Å². The van der Waals surface area contributed by atoms with Crippen LogP contribution >= 0.6 is 24.0 Å². The second-order valence-corrected chi connectivity index (χ2v) is 8.74. The number of likely N-dealkylation sites (tertiary alicyclic amines) is 2. The number of hydrogen-bond acceptors (Lipinski definition) is 5. The lowest BCUT2D eigenvalue weighted by molar-refractivity contribution is 0.0507. The number of ether oxygens (including phenoxy) is 1. The molecule has 2 aliphatic heterocycles. The molecule has 2 saturated heterocycles. The first kappa shape index (κ1) is 26.2. The molecule has 0 aromatic carbocycles. The molecular formula is C20H40IN5O3. The number of nitrogens with zero attached hydrogens (tertiary/aromatic N) is 3. The molecule has 0 radical (unpaired) electrons. The van der Waals surface area contributed by atoms with E-state index in [4.69, 9.17) is 9.73 Å². The number of halogens is 1. The minimum absolute atomic E-state index is 0. The molecule has 9 heteroatoms. The van der Waals surface area contributed by atoms with Gasteiger partial charge in [-0.15, -0.1) is 24.0 Å². The first-order chi connectivity index (χ1) is 13.3. The molecule has 170 valence electrons. The Morgan fingerprint density at radius 1 is 1.21 bits per heavy atom. The number of carbonyl (C=O) groups excluding carboxylic acids is 1. The molecular weight excluding hydrogens is 485 g/mol. The van der Waals surface area contributed by atoms with Crippen LogP contribution in [0.1, 0.15) is 53.4 Å². The summed E-state index contributed by atoms with van der Waals surface area (Å²) in [5.41, 5.74) is -0.481. The van der Waals surface area contributed by atoms with Crippen molar-refractivity contribution in [3.05, 3.63) is 0 Å². The zero-order valence-corrected chi connectivity index (χ0v) is 20.8. The SMILES string of the molecule is CCNC(=NCCCN1CCC(O)CC1)N1CCC(NC(=O)OC(C)(C)C)C1.I. The van der Waals surface area contributed by atoms with Gasteiger partial charge < -0.3 is 30.3 Å². The molecule has 2 heterocycles. The number of nitrogens with one attached hydrogen (secondary N) is 2. The molecule has 0 spiro atoms. The molecule has 0 bridgehead atoms. The number of carbonyl (C=O) groups is 1. The summed E-state index contributed by atoms with van der Waals surface area (Å²) in [5.74, 6) is 0.921. The van der Waals surface area contributed by atoms with Crippen molar-refractivity contribution in [2.24, 2.45) is 4.99 Å². The third-order valence-electron chi connectivity index (χ3n) is 4.99. The third kappa shape index (κ3) is 10.2. The lowest BCUT2D eigenvalue weighted by Crippen LogP contribution is -2.44. The van der Waals surface area contributed by atoms with Crippen LogP contribution in [0, 0.1) is 0 Å². The monoisotopic (exact) mass is 525 g/mol. The van der Waals surface area contributed by atoms with Crippen LogP contribution in [0.15, 0.2) is 4.99 Å². The van der Waals surface area contributed by atoms with Crippen LogP contribution in [0.3, 0.4) is 0 Å². The van der Waals surface area contributed by atoms with Gasteiger partial charge in [0, 0.05) is 39.3 Å². The summed E-state index contributed by atoms with van der Waals surface area (Å²) in [4.78, 5) is 21.4. The van der Waals surface area contributed by atoms with Gasteiger partial charge in [-0.25, -0.2) is 4.79 Å². The van der Waals surface area contributed by atoms with Gasteiger partial charge in [0.25, 0.3) is 0 Å². The van der Waals surface area contributed by atoms with Crippen molar-refractivity contribution in [2.75, 3.05) is 45.8 Å². The number of amides is 1. The maximum Gasteiger partial charge on any atom is 0.407 e. The van der Waals surface area contributed by atoms with Crippen molar-refractivity contribution in [2.45, 2.75) is 71.1 Å². The Morgan fingerprint density at radius 3 is 2.52 bits per heavy atom. The van der Waals surface area contributed by atoms with Crippen molar-refractivity contribution in [1.29, 1.82) is 0 Å². The summed E-state index contributed by atoms with van der Waals surface area (Å²) >= 11 is 0. The zero-order chi connectivity index (χ0) is 20.6. The van der Waals surface area contributed by atoms with E-state index in [1.165, 1.54) is 0 Å². The van der Waals surface area contributed by atoms with E-state index in [1.807, 2.05) is 20.8 Å². The van der Waals surface area contributed by atoms with Gasteiger partial charge in [0.15, 0.2) is 5.96 Å². The zero-order valence-electron chi connectivity index (χ0n) is 18.4. The Balaban J connectivity index is 0.00000420. The quantitative estimate of drug-likeness (QED) is 0.213. The van der Waals surface area contributed by atoms with Crippen molar-refractivity contribution < 1.29 is 14.6 Å². The van der Waals surface area contributed by atoms with Gasteiger partial charge in [-0.05, 0) is 59.9 Å². The highest BCUT2D eigenvalue weighted by Gasteiger charge is 2.27. The van der Waals surface area contributed by atoms with Gasteiger partial charge in [-0.3, -0.25) is 4.99 Å². The number of piperidine rings is 1. The molecule has 2 fully saturated rings. The summed E-state index contributed by atoms with van der Waals surface area (Å²) in [6.07, 6.45) is 3.19. The maximum atomic E-state index is 12.0. The van der Waals surface area contributed by atoms with E-state index in [0.29, 0.717) is 0 Å². The third-order valence-corrected chi connectivity index (χ3v) is 4.99. The summed E-state index contributed by atoms with van der Waals surface area (Å²) in [6, 6.07) is 0.0819. The average molecular weight is 525 g/mol. The van der Waals surface area contributed by atoms with Crippen molar-refractivity contribution >= 4 is 36.0 Å². The predicted octanol–water partition coefficient (Wildman–Crippen LogP) is 2.02. The minimum Gasteiger partial charge on any atom is -0.444 e. The fourth-order valence-corrected chi connectivity index (χ4v) is 3.59. The van der Waals surface area contributed by atoms with Gasteiger partial charge in [-0.1, -0.05) is 0 Å². The predicted molar refractivity (Wildman–Crippen MR) is 127 cm³/mol. The number of aliphatic imine (C=N–C) groups is 1. The van der Waals surface area contributed by atoms with Crippen LogP contribution in [0.4, 0.5) is 4.79 Å². The summed E-state index contributed by atoms with van der Waals surface area (Å²) < 4.78 is 5.35. The molecule has 3 N–H and O–H groups in total. The molecule has 2 rings (SSSR count). The Bertz CT molecular complexity index is 519. The van der Waals surface area contributed by atoms with Crippen LogP contribution in [0.2, 0.25) is 0 Å². The molecule has 1 amide bonds. The van der Waals surface area contributed by atoms with E-state index in [-0.39, 0.29) is 42.2 Å². The summed E-state index contributed by atoms with van der Waals surface area (Å²) in [5, 5.41) is 15.9.